The Balaban J connectivity index is 2.66. The van der Waals surface area contributed by atoms with Gasteiger partial charge < -0.3 is 4.57 Å². The molecule has 0 unspecified atom stereocenters. The zero-order chi connectivity index (χ0) is 10.1. The molecule has 2 aromatic rings. The van der Waals surface area contributed by atoms with Gasteiger partial charge in [0.25, 0.3) is 0 Å². The van der Waals surface area contributed by atoms with Crippen molar-refractivity contribution in [1.29, 1.82) is 0 Å². The normalized spacial score (nSPS) is 11.1. The molecule has 0 saturated heterocycles. The Morgan fingerprint density at radius 3 is 3.07 bits per heavy atom. The lowest BCUT2D eigenvalue weighted by Gasteiger charge is -2.00. The maximum atomic E-state index is 13.3. The van der Waals surface area contributed by atoms with Crippen LogP contribution in [-0.2, 0) is 6.54 Å². The van der Waals surface area contributed by atoms with E-state index in [0.29, 0.717) is 11.0 Å². The van der Waals surface area contributed by atoms with Crippen LogP contribution < -0.4 is 0 Å². The van der Waals surface area contributed by atoms with Crippen LogP contribution in [0, 0.1) is 5.82 Å². The van der Waals surface area contributed by atoms with Crippen molar-refractivity contribution < 1.29 is 4.39 Å². The van der Waals surface area contributed by atoms with Crippen LogP contribution in [0.25, 0.3) is 11.0 Å². The van der Waals surface area contributed by atoms with Crippen molar-refractivity contribution in [3.8, 4) is 0 Å². The van der Waals surface area contributed by atoms with Crippen molar-refractivity contribution in [2.45, 2.75) is 19.9 Å². The maximum Gasteiger partial charge on any atom is 0.224 e. The van der Waals surface area contributed by atoms with Gasteiger partial charge in [-0.15, -0.1) is 0 Å². The minimum atomic E-state index is -0.301. The largest absolute Gasteiger partial charge is 0.329 e. The summed E-state index contributed by atoms with van der Waals surface area (Å²) in [5, 5.41) is 0.566. The standard InChI is InChI=1S/C9H9ClFN3/c1-2-3-14-5-7(11)6-4-12-9(10)13-8(6)14/h4-5H,2-3H2,1H3. The highest BCUT2D eigenvalue weighted by Crippen LogP contribution is 2.18. The topological polar surface area (TPSA) is 30.7 Å². The Labute approximate surface area is 85.5 Å². The van der Waals surface area contributed by atoms with E-state index in [4.69, 9.17) is 11.6 Å². The zero-order valence-electron chi connectivity index (χ0n) is 7.67. The molecule has 0 aliphatic heterocycles. The van der Waals surface area contributed by atoms with Crippen molar-refractivity contribution in [1.82, 2.24) is 14.5 Å². The van der Waals surface area contributed by atoms with Crippen molar-refractivity contribution in [2.24, 2.45) is 0 Å². The molecule has 0 aromatic carbocycles. The van der Waals surface area contributed by atoms with E-state index in [9.17, 15) is 4.39 Å². The van der Waals surface area contributed by atoms with Crippen LogP contribution in [0.4, 0.5) is 4.39 Å². The lowest BCUT2D eigenvalue weighted by molar-refractivity contribution is 0.618. The smallest absolute Gasteiger partial charge is 0.224 e. The second-order valence-corrected chi connectivity index (χ2v) is 3.38. The van der Waals surface area contributed by atoms with E-state index >= 15 is 0 Å². The van der Waals surface area contributed by atoms with Crippen LogP contribution in [0.5, 0.6) is 0 Å². The van der Waals surface area contributed by atoms with Gasteiger partial charge in [-0.3, -0.25) is 0 Å². The molecule has 2 rings (SSSR count). The molecular formula is C9H9ClFN3. The molecule has 0 N–H and O–H groups in total. The van der Waals surface area contributed by atoms with Gasteiger partial charge in [-0.2, -0.15) is 4.98 Å². The van der Waals surface area contributed by atoms with Crippen LogP contribution in [0.15, 0.2) is 12.4 Å². The minimum Gasteiger partial charge on any atom is -0.329 e. The summed E-state index contributed by atoms with van der Waals surface area (Å²) in [6.07, 6.45) is 3.76. The summed E-state index contributed by atoms with van der Waals surface area (Å²) in [7, 11) is 0. The fourth-order valence-electron chi connectivity index (χ4n) is 1.42. The molecule has 0 bridgehead atoms. The molecular weight excluding hydrogens is 205 g/mol. The summed E-state index contributed by atoms with van der Waals surface area (Å²) in [6.45, 7) is 2.75. The molecule has 0 aliphatic rings. The maximum absolute atomic E-state index is 13.3. The highest BCUT2D eigenvalue weighted by molar-refractivity contribution is 6.28. The van der Waals surface area contributed by atoms with Crippen LogP contribution in [-0.4, -0.2) is 14.5 Å². The van der Waals surface area contributed by atoms with Crippen molar-refractivity contribution in [3.05, 3.63) is 23.5 Å². The second-order valence-electron chi connectivity index (χ2n) is 3.05. The lowest BCUT2D eigenvalue weighted by atomic mass is 10.4. The third-order valence-corrected chi connectivity index (χ3v) is 2.18. The highest BCUT2D eigenvalue weighted by atomic mass is 35.5. The Bertz CT molecular complexity index is 466. The fraction of sp³-hybridized carbons (Fsp3) is 0.333. The quantitative estimate of drug-likeness (QED) is 0.718. The predicted molar refractivity (Wildman–Crippen MR) is 52.8 cm³/mol. The molecule has 5 heteroatoms. The van der Waals surface area contributed by atoms with Crippen LogP contribution in [0.1, 0.15) is 13.3 Å². The number of fused-ring (bicyclic) bond motifs is 1. The minimum absolute atomic E-state index is 0.146. The van der Waals surface area contributed by atoms with Gasteiger partial charge >= 0.3 is 0 Å². The molecule has 2 heterocycles. The first kappa shape index (κ1) is 9.40. The van der Waals surface area contributed by atoms with Crippen molar-refractivity contribution in [2.75, 3.05) is 0 Å². The van der Waals surface area contributed by atoms with E-state index in [2.05, 4.69) is 9.97 Å². The van der Waals surface area contributed by atoms with Crippen molar-refractivity contribution in [3.63, 3.8) is 0 Å². The first-order valence-corrected chi connectivity index (χ1v) is 4.77. The lowest BCUT2D eigenvalue weighted by Crippen LogP contribution is -1.96. The summed E-state index contributed by atoms with van der Waals surface area (Å²) < 4.78 is 15.1. The molecule has 0 fully saturated rings. The summed E-state index contributed by atoms with van der Waals surface area (Å²) in [4.78, 5) is 7.73. The third kappa shape index (κ3) is 1.46. The molecule has 0 radical (unpaired) electrons. The van der Waals surface area contributed by atoms with E-state index in [0.717, 1.165) is 13.0 Å². The molecule has 0 spiro atoms. The Morgan fingerprint density at radius 2 is 2.36 bits per heavy atom. The molecule has 2 aromatic heterocycles. The van der Waals surface area contributed by atoms with Gasteiger partial charge in [0, 0.05) is 18.9 Å². The number of hydrogen-bond donors (Lipinski definition) is 0. The number of nitrogens with zero attached hydrogens (tertiary/aromatic N) is 3. The van der Waals surface area contributed by atoms with Gasteiger partial charge in [-0.05, 0) is 18.0 Å². The van der Waals surface area contributed by atoms with Crippen LogP contribution >= 0.6 is 11.6 Å². The Hall–Kier alpha value is -1.16. The Morgan fingerprint density at radius 1 is 1.57 bits per heavy atom. The van der Waals surface area contributed by atoms with Crippen LogP contribution in [0.3, 0.4) is 0 Å². The number of rotatable bonds is 2. The first-order valence-electron chi connectivity index (χ1n) is 4.39. The summed E-state index contributed by atoms with van der Waals surface area (Å²) in [6, 6.07) is 0. The van der Waals surface area contributed by atoms with E-state index in [1.807, 2.05) is 6.92 Å². The van der Waals surface area contributed by atoms with Gasteiger partial charge in [0.05, 0.1) is 5.39 Å². The second kappa shape index (κ2) is 3.53. The monoisotopic (exact) mass is 213 g/mol. The van der Waals surface area contributed by atoms with Gasteiger partial charge in [0.2, 0.25) is 5.28 Å². The van der Waals surface area contributed by atoms with E-state index in [1.165, 1.54) is 12.4 Å². The molecule has 0 saturated carbocycles. The van der Waals surface area contributed by atoms with E-state index in [-0.39, 0.29) is 11.1 Å². The number of hydrogen-bond acceptors (Lipinski definition) is 2. The summed E-state index contributed by atoms with van der Waals surface area (Å²) in [5.41, 5.74) is 0.560. The SMILES string of the molecule is CCCn1cc(F)c2cnc(Cl)nc21. The van der Waals surface area contributed by atoms with E-state index in [1.54, 1.807) is 4.57 Å². The summed E-state index contributed by atoms with van der Waals surface area (Å²) in [5.74, 6) is -0.301. The molecule has 0 aliphatic carbocycles. The zero-order valence-corrected chi connectivity index (χ0v) is 8.42. The van der Waals surface area contributed by atoms with Crippen molar-refractivity contribution >= 4 is 22.6 Å². The average molecular weight is 214 g/mol. The summed E-state index contributed by atoms with van der Waals surface area (Å²) >= 11 is 5.64. The molecule has 0 atom stereocenters. The predicted octanol–water partition coefficient (Wildman–Crippen LogP) is 2.63. The Kier molecular flexibility index (Phi) is 2.37. The van der Waals surface area contributed by atoms with Gasteiger partial charge in [0.15, 0.2) is 5.82 Å². The van der Waals surface area contributed by atoms with E-state index < -0.39 is 0 Å². The van der Waals surface area contributed by atoms with Gasteiger partial charge in [0.1, 0.15) is 5.65 Å². The molecule has 14 heavy (non-hydrogen) atoms. The van der Waals surface area contributed by atoms with Crippen LogP contribution in [0.2, 0.25) is 5.28 Å². The molecule has 74 valence electrons. The number of aryl methyl sites for hydroxylation is 1. The first-order chi connectivity index (χ1) is 6.72. The molecule has 0 amide bonds. The molecule has 3 nitrogen and oxygen atoms in total. The fourth-order valence-corrected chi connectivity index (χ4v) is 1.55. The number of aromatic nitrogens is 3. The third-order valence-electron chi connectivity index (χ3n) is 2.00. The van der Waals surface area contributed by atoms with Gasteiger partial charge in [-0.1, -0.05) is 6.92 Å². The average Bonchev–Trinajstić information content (AvgIpc) is 2.44. The highest BCUT2D eigenvalue weighted by Gasteiger charge is 2.09. The van der Waals surface area contributed by atoms with Gasteiger partial charge in [-0.25, -0.2) is 9.37 Å². The number of halogens is 2.